The van der Waals surface area contributed by atoms with Crippen molar-refractivity contribution in [1.82, 2.24) is 15.2 Å². The van der Waals surface area contributed by atoms with E-state index in [2.05, 4.69) is 20.5 Å². The maximum absolute atomic E-state index is 10.9. The molecule has 0 radical (unpaired) electrons. The molecule has 3 N–H and O–H groups in total. The van der Waals surface area contributed by atoms with Gasteiger partial charge in [-0.1, -0.05) is 0 Å². The van der Waals surface area contributed by atoms with Gasteiger partial charge in [-0.15, -0.1) is 0 Å². The van der Waals surface area contributed by atoms with Crippen molar-refractivity contribution in [1.29, 1.82) is 0 Å². The number of anilines is 1. The molecule has 2 aromatic rings. The Hall–Kier alpha value is -2.37. The minimum atomic E-state index is -0.920. The fourth-order valence-corrected chi connectivity index (χ4v) is 2.09. The third kappa shape index (κ3) is 1.54. The van der Waals surface area contributed by atoms with Crippen LogP contribution in [0.3, 0.4) is 0 Å². The van der Waals surface area contributed by atoms with Crippen molar-refractivity contribution in [2.75, 3.05) is 11.9 Å². The predicted octanol–water partition coefficient (Wildman–Crippen LogP) is 1.06. The molecule has 1 unspecified atom stereocenters. The lowest BCUT2D eigenvalue weighted by Gasteiger charge is -2.06. The summed E-state index contributed by atoms with van der Waals surface area (Å²) < 4.78 is 0. The highest BCUT2D eigenvalue weighted by molar-refractivity contribution is 5.89. The van der Waals surface area contributed by atoms with Crippen LogP contribution >= 0.6 is 0 Å². The Bertz CT molecular complexity index is 565. The Morgan fingerprint density at radius 1 is 1.47 bits per heavy atom. The molecule has 86 valence electrons. The number of benzene rings is 1. The minimum absolute atomic E-state index is 0.0341. The zero-order valence-electron chi connectivity index (χ0n) is 8.84. The first-order chi connectivity index (χ1) is 8.25. The van der Waals surface area contributed by atoms with E-state index in [9.17, 15) is 4.79 Å². The predicted molar refractivity (Wildman–Crippen MR) is 60.1 cm³/mol. The van der Waals surface area contributed by atoms with Crippen LogP contribution in [-0.4, -0.2) is 32.8 Å². The highest BCUT2D eigenvalue weighted by atomic mass is 16.4. The molecule has 6 heteroatoms. The van der Waals surface area contributed by atoms with Crippen LogP contribution in [0.4, 0.5) is 5.69 Å². The van der Waals surface area contributed by atoms with Gasteiger partial charge in [0.05, 0.1) is 11.5 Å². The number of nitrogens with one attached hydrogen (secondary N) is 2. The van der Waals surface area contributed by atoms with Crippen molar-refractivity contribution >= 4 is 11.7 Å². The Morgan fingerprint density at radius 3 is 3.06 bits per heavy atom. The Morgan fingerprint density at radius 2 is 2.35 bits per heavy atom. The maximum Gasteiger partial charge on any atom is 0.335 e. The lowest BCUT2D eigenvalue weighted by atomic mass is 9.98. The van der Waals surface area contributed by atoms with Crippen LogP contribution in [0.15, 0.2) is 24.5 Å². The van der Waals surface area contributed by atoms with Crippen molar-refractivity contribution in [2.45, 2.75) is 5.92 Å². The van der Waals surface area contributed by atoms with Gasteiger partial charge in [0.25, 0.3) is 0 Å². The van der Waals surface area contributed by atoms with Crippen LogP contribution in [0, 0.1) is 0 Å². The average Bonchev–Trinajstić information content (AvgIpc) is 2.96. The second-order valence-corrected chi connectivity index (χ2v) is 3.91. The number of aromatic nitrogens is 3. The lowest BCUT2D eigenvalue weighted by Crippen LogP contribution is -2.06. The first-order valence-corrected chi connectivity index (χ1v) is 5.22. The van der Waals surface area contributed by atoms with Crippen molar-refractivity contribution in [2.24, 2.45) is 0 Å². The zero-order chi connectivity index (χ0) is 11.8. The summed E-state index contributed by atoms with van der Waals surface area (Å²) >= 11 is 0. The highest BCUT2D eigenvalue weighted by Gasteiger charge is 2.26. The molecule has 2 heterocycles. The SMILES string of the molecule is O=C(O)c1ccc2c(c1)C(c1ncn[nH]1)CN2. The van der Waals surface area contributed by atoms with E-state index < -0.39 is 5.97 Å². The number of rotatable bonds is 2. The van der Waals surface area contributed by atoms with E-state index >= 15 is 0 Å². The molecule has 1 aliphatic rings. The molecule has 0 aliphatic carbocycles. The van der Waals surface area contributed by atoms with Gasteiger partial charge in [0.1, 0.15) is 12.2 Å². The molecule has 0 amide bonds. The molecule has 1 atom stereocenters. The van der Waals surface area contributed by atoms with Crippen molar-refractivity contribution in [3.8, 4) is 0 Å². The normalized spacial score (nSPS) is 17.5. The van der Waals surface area contributed by atoms with Gasteiger partial charge in [-0.3, -0.25) is 5.10 Å². The van der Waals surface area contributed by atoms with Crippen LogP contribution < -0.4 is 5.32 Å². The van der Waals surface area contributed by atoms with E-state index in [0.717, 1.165) is 17.1 Å². The first-order valence-electron chi connectivity index (χ1n) is 5.22. The Balaban J connectivity index is 2.06. The third-order valence-corrected chi connectivity index (χ3v) is 2.93. The van der Waals surface area contributed by atoms with E-state index in [1.165, 1.54) is 6.33 Å². The number of aromatic amines is 1. The van der Waals surface area contributed by atoms with Crippen LogP contribution in [0.25, 0.3) is 0 Å². The number of fused-ring (bicyclic) bond motifs is 1. The Labute approximate surface area is 96.7 Å². The van der Waals surface area contributed by atoms with E-state index in [1.54, 1.807) is 18.2 Å². The van der Waals surface area contributed by atoms with E-state index in [1.807, 2.05) is 0 Å². The molecule has 1 aliphatic heterocycles. The molecule has 0 bridgehead atoms. The monoisotopic (exact) mass is 230 g/mol. The quantitative estimate of drug-likeness (QED) is 0.717. The lowest BCUT2D eigenvalue weighted by molar-refractivity contribution is 0.0697. The summed E-state index contributed by atoms with van der Waals surface area (Å²) in [4.78, 5) is 15.1. The molecule has 0 fully saturated rings. The molecule has 1 aromatic heterocycles. The molecule has 6 nitrogen and oxygen atoms in total. The molecule has 0 saturated heterocycles. The summed E-state index contributed by atoms with van der Waals surface area (Å²) in [5.74, 6) is -0.137. The topological polar surface area (TPSA) is 90.9 Å². The number of hydrogen-bond acceptors (Lipinski definition) is 4. The summed E-state index contributed by atoms with van der Waals surface area (Å²) in [6, 6.07) is 5.07. The number of aromatic carboxylic acids is 1. The van der Waals surface area contributed by atoms with Crippen molar-refractivity contribution in [3.05, 3.63) is 41.5 Å². The number of H-pyrrole nitrogens is 1. The summed E-state index contributed by atoms with van der Waals surface area (Å²) in [6.07, 6.45) is 1.45. The summed E-state index contributed by atoms with van der Waals surface area (Å²) in [5.41, 5.74) is 2.19. The summed E-state index contributed by atoms with van der Waals surface area (Å²) in [7, 11) is 0. The molecule has 3 rings (SSSR count). The van der Waals surface area contributed by atoms with E-state index in [4.69, 9.17) is 5.11 Å². The standard InChI is InChI=1S/C11H10N4O2/c16-11(17)6-1-2-9-7(3-6)8(4-12-9)10-13-5-14-15-10/h1-3,5,8,12H,4H2,(H,16,17)(H,13,14,15). The third-order valence-electron chi connectivity index (χ3n) is 2.93. The van der Waals surface area contributed by atoms with Gasteiger partial charge in [-0.25, -0.2) is 9.78 Å². The molecule has 17 heavy (non-hydrogen) atoms. The summed E-state index contributed by atoms with van der Waals surface area (Å²) in [5, 5.41) is 18.8. The van der Waals surface area contributed by atoms with Gasteiger partial charge < -0.3 is 10.4 Å². The second-order valence-electron chi connectivity index (χ2n) is 3.91. The molecule has 0 spiro atoms. The van der Waals surface area contributed by atoms with Crippen LogP contribution in [0.5, 0.6) is 0 Å². The minimum Gasteiger partial charge on any atom is -0.478 e. The fourth-order valence-electron chi connectivity index (χ4n) is 2.09. The van der Waals surface area contributed by atoms with Gasteiger partial charge in [0.2, 0.25) is 0 Å². The highest BCUT2D eigenvalue weighted by Crippen LogP contribution is 2.34. The van der Waals surface area contributed by atoms with Crippen LogP contribution in [-0.2, 0) is 0 Å². The first kappa shape index (κ1) is 9.83. The van der Waals surface area contributed by atoms with E-state index in [0.29, 0.717) is 6.54 Å². The smallest absolute Gasteiger partial charge is 0.335 e. The van der Waals surface area contributed by atoms with Crippen molar-refractivity contribution < 1.29 is 9.90 Å². The van der Waals surface area contributed by atoms with Crippen LogP contribution in [0.1, 0.15) is 27.7 Å². The molecular formula is C11H10N4O2. The number of hydrogen-bond donors (Lipinski definition) is 3. The van der Waals surface area contributed by atoms with Crippen molar-refractivity contribution in [3.63, 3.8) is 0 Å². The van der Waals surface area contributed by atoms with Gasteiger partial charge >= 0.3 is 5.97 Å². The number of carboxylic acids is 1. The zero-order valence-corrected chi connectivity index (χ0v) is 8.84. The Kier molecular flexibility index (Phi) is 2.07. The van der Waals surface area contributed by atoms with Crippen LogP contribution in [0.2, 0.25) is 0 Å². The number of carbonyl (C=O) groups is 1. The largest absolute Gasteiger partial charge is 0.478 e. The second kappa shape index (κ2) is 3.58. The number of carboxylic acid groups (broad SMARTS) is 1. The van der Waals surface area contributed by atoms with Gasteiger partial charge in [-0.05, 0) is 23.8 Å². The van der Waals surface area contributed by atoms with E-state index in [-0.39, 0.29) is 11.5 Å². The number of nitrogens with zero attached hydrogens (tertiary/aromatic N) is 2. The average molecular weight is 230 g/mol. The maximum atomic E-state index is 10.9. The fraction of sp³-hybridized carbons (Fsp3) is 0.182. The van der Waals surface area contributed by atoms with Gasteiger partial charge in [0, 0.05) is 12.2 Å². The summed E-state index contributed by atoms with van der Waals surface area (Å²) in [6.45, 7) is 0.702. The van der Waals surface area contributed by atoms with Gasteiger partial charge in [0.15, 0.2) is 0 Å². The van der Waals surface area contributed by atoms with Gasteiger partial charge in [-0.2, -0.15) is 5.10 Å². The molecule has 0 saturated carbocycles. The molecular weight excluding hydrogens is 220 g/mol. The molecule has 1 aromatic carbocycles.